The molecule has 0 bridgehead atoms. The monoisotopic (exact) mass is 269 g/mol. The normalized spacial score (nSPS) is 12.8. The van der Waals surface area contributed by atoms with Crippen LogP contribution in [0.3, 0.4) is 0 Å². The van der Waals surface area contributed by atoms with E-state index in [1.165, 1.54) is 10.9 Å². The molecule has 0 aromatic carbocycles. The Bertz CT molecular complexity index is 649. The summed E-state index contributed by atoms with van der Waals surface area (Å²) in [4.78, 5) is 33.2. The van der Waals surface area contributed by atoms with Crippen molar-refractivity contribution in [3.63, 3.8) is 0 Å². The highest BCUT2D eigenvalue weighted by molar-refractivity contribution is 7.81. The molecule has 1 atom stereocenters. The largest absolute Gasteiger partial charge is 0.395 e. The van der Waals surface area contributed by atoms with Crippen LogP contribution in [0, 0.1) is 0 Å². The number of carbonyl (C=O) groups is 1. The van der Waals surface area contributed by atoms with Gasteiger partial charge in [0.25, 0.3) is 5.56 Å². The van der Waals surface area contributed by atoms with Crippen LogP contribution >= 0.6 is 12.6 Å². The molecule has 2 heterocycles. The van der Waals surface area contributed by atoms with Gasteiger partial charge < -0.3 is 15.4 Å². The maximum absolute atomic E-state index is 11.6. The molecule has 0 saturated heterocycles. The maximum Gasteiger partial charge on any atom is 0.280 e. The van der Waals surface area contributed by atoms with Crippen LogP contribution in [0.5, 0.6) is 0 Å². The summed E-state index contributed by atoms with van der Waals surface area (Å²) >= 11 is 3.92. The van der Waals surface area contributed by atoms with Gasteiger partial charge in [-0.25, -0.2) is 4.98 Å². The Morgan fingerprint density at radius 1 is 1.67 bits per heavy atom. The van der Waals surface area contributed by atoms with E-state index in [4.69, 9.17) is 10.8 Å². The zero-order valence-electron chi connectivity index (χ0n) is 9.20. The van der Waals surface area contributed by atoms with Crippen molar-refractivity contribution in [2.45, 2.75) is 11.8 Å². The predicted octanol–water partition coefficient (Wildman–Crippen LogP) is -1.44. The molecule has 9 heteroatoms. The molecule has 1 unspecified atom stereocenters. The van der Waals surface area contributed by atoms with Gasteiger partial charge in [-0.1, -0.05) is 0 Å². The van der Waals surface area contributed by atoms with Crippen molar-refractivity contribution < 1.29 is 9.90 Å². The van der Waals surface area contributed by atoms with Gasteiger partial charge in [-0.2, -0.15) is 17.6 Å². The second-order valence-electron chi connectivity index (χ2n) is 3.66. The molecule has 0 fully saturated rings. The van der Waals surface area contributed by atoms with Crippen molar-refractivity contribution in [3.05, 3.63) is 16.7 Å². The number of nitrogens with two attached hydrogens (primary N) is 1. The molecular weight excluding hydrogens is 258 g/mol. The lowest BCUT2D eigenvalue weighted by molar-refractivity contribution is -0.119. The molecule has 0 aliphatic heterocycles. The summed E-state index contributed by atoms with van der Waals surface area (Å²) in [6.45, 7) is -0.439. The molecule has 4 N–H and O–H groups in total. The first kappa shape index (κ1) is 12.6. The first-order chi connectivity index (χ1) is 8.52. The fourth-order valence-corrected chi connectivity index (χ4v) is 1.54. The highest BCUT2D eigenvalue weighted by Gasteiger charge is 2.16. The summed E-state index contributed by atoms with van der Waals surface area (Å²) in [6.07, 6.45) is 1.32. The van der Waals surface area contributed by atoms with Crippen LogP contribution in [-0.4, -0.2) is 42.3 Å². The Morgan fingerprint density at radius 2 is 2.39 bits per heavy atom. The molecular formula is C9H11N5O3S. The van der Waals surface area contributed by atoms with Gasteiger partial charge in [0.15, 0.2) is 16.9 Å². The zero-order chi connectivity index (χ0) is 13.3. The lowest BCUT2D eigenvalue weighted by atomic mass is 10.3. The minimum absolute atomic E-state index is 0.0497. The lowest BCUT2D eigenvalue weighted by Gasteiger charge is -2.07. The van der Waals surface area contributed by atoms with Crippen LogP contribution in [0.15, 0.2) is 11.1 Å². The van der Waals surface area contributed by atoms with Crippen molar-refractivity contribution in [2.75, 3.05) is 12.3 Å². The number of hydrogen-bond donors (Lipinski definition) is 4. The van der Waals surface area contributed by atoms with E-state index in [1.54, 1.807) is 0 Å². The molecule has 2 aromatic heterocycles. The number of carbonyl (C=O) groups excluding carboxylic acids is 1. The van der Waals surface area contributed by atoms with E-state index >= 15 is 0 Å². The number of aliphatic hydroxyl groups is 1. The van der Waals surface area contributed by atoms with Crippen molar-refractivity contribution in [3.8, 4) is 0 Å². The van der Waals surface area contributed by atoms with E-state index in [2.05, 4.69) is 27.6 Å². The molecule has 0 spiro atoms. The average Bonchev–Trinajstić information content (AvgIpc) is 2.71. The van der Waals surface area contributed by atoms with Gasteiger partial charge in [0, 0.05) is 0 Å². The van der Waals surface area contributed by atoms with Gasteiger partial charge >= 0.3 is 0 Å². The number of nitrogens with zero attached hydrogens (tertiary/aromatic N) is 3. The Morgan fingerprint density at radius 3 is 3.06 bits per heavy atom. The van der Waals surface area contributed by atoms with Crippen LogP contribution < -0.4 is 11.3 Å². The Hall–Kier alpha value is -1.87. The number of fused-ring (bicyclic) bond motifs is 1. The van der Waals surface area contributed by atoms with E-state index in [0.717, 1.165) is 0 Å². The third-order valence-corrected chi connectivity index (χ3v) is 2.82. The van der Waals surface area contributed by atoms with E-state index in [-0.39, 0.29) is 36.0 Å². The Balaban J connectivity index is 2.41. The molecule has 0 amide bonds. The number of H-pyrrole nitrogens is 1. The minimum atomic E-state index is -0.776. The van der Waals surface area contributed by atoms with Crippen molar-refractivity contribution in [1.29, 1.82) is 0 Å². The molecule has 18 heavy (non-hydrogen) atoms. The molecule has 0 aliphatic rings. The zero-order valence-corrected chi connectivity index (χ0v) is 10.1. The third-order valence-electron chi connectivity index (χ3n) is 2.36. The number of nitrogens with one attached hydrogen (secondary N) is 1. The molecule has 8 nitrogen and oxygen atoms in total. The number of hydrogen-bond acceptors (Lipinski definition) is 7. The van der Waals surface area contributed by atoms with Gasteiger partial charge in [-0.3, -0.25) is 14.6 Å². The molecule has 0 aliphatic carbocycles. The number of anilines is 1. The number of aliphatic hydroxyl groups excluding tert-OH is 1. The van der Waals surface area contributed by atoms with Crippen LogP contribution in [0.4, 0.5) is 5.95 Å². The summed E-state index contributed by atoms with van der Waals surface area (Å²) < 4.78 is 1.39. The number of thiol groups is 1. The minimum Gasteiger partial charge on any atom is -0.395 e. The van der Waals surface area contributed by atoms with Gasteiger partial charge in [-0.05, 0) is 0 Å². The van der Waals surface area contributed by atoms with Crippen molar-refractivity contribution in [1.82, 2.24) is 19.5 Å². The van der Waals surface area contributed by atoms with E-state index in [9.17, 15) is 9.59 Å². The van der Waals surface area contributed by atoms with E-state index in [0.29, 0.717) is 0 Å². The summed E-state index contributed by atoms with van der Waals surface area (Å²) in [6, 6.07) is 0. The average molecular weight is 269 g/mol. The van der Waals surface area contributed by atoms with Crippen molar-refractivity contribution in [2.24, 2.45) is 0 Å². The fraction of sp³-hybridized carbons (Fsp3) is 0.333. The standard InChI is InChI=1S/C9H11N5O3S/c10-9-12-7-6(8(17)13-9)11-3-14(7)1-4(16)5(18)2-15/h3,5,15,18H,1-2H2,(H3,10,12,13,17). The molecule has 2 rings (SSSR count). The summed E-state index contributed by atoms with van der Waals surface area (Å²) in [5, 5.41) is 8.05. The molecule has 2 aromatic rings. The first-order valence-corrected chi connectivity index (χ1v) is 5.57. The number of rotatable bonds is 4. The smallest absolute Gasteiger partial charge is 0.280 e. The molecule has 96 valence electrons. The number of imidazole rings is 1. The third kappa shape index (κ3) is 2.22. The van der Waals surface area contributed by atoms with Gasteiger partial charge in [0.1, 0.15) is 0 Å². The Kier molecular flexibility index (Phi) is 3.34. The lowest BCUT2D eigenvalue weighted by Crippen LogP contribution is -2.23. The maximum atomic E-state index is 11.6. The van der Waals surface area contributed by atoms with Gasteiger partial charge in [0.05, 0.1) is 24.7 Å². The molecule has 0 radical (unpaired) electrons. The number of ketones is 1. The predicted molar refractivity (Wildman–Crippen MR) is 67.4 cm³/mol. The first-order valence-electron chi connectivity index (χ1n) is 5.05. The number of aromatic nitrogens is 4. The summed E-state index contributed by atoms with van der Waals surface area (Å²) in [7, 11) is 0. The van der Waals surface area contributed by atoms with Gasteiger partial charge in [-0.15, -0.1) is 0 Å². The number of aromatic amines is 1. The number of Topliss-reactive ketones (excluding diaryl/α,β-unsaturated/α-hetero) is 1. The fourth-order valence-electron chi connectivity index (χ4n) is 1.46. The topological polar surface area (TPSA) is 127 Å². The quantitative estimate of drug-likeness (QED) is 0.503. The summed E-state index contributed by atoms with van der Waals surface area (Å²) in [5.41, 5.74) is 5.29. The Labute approximate surface area is 106 Å². The molecule has 0 saturated carbocycles. The highest BCUT2D eigenvalue weighted by atomic mass is 32.1. The van der Waals surface area contributed by atoms with E-state index in [1.807, 2.05) is 0 Å². The second kappa shape index (κ2) is 4.78. The van der Waals surface area contributed by atoms with Crippen LogP contribution in [0.1, 0.15) is 0 Å². The van der Waals surface area contributed by atoms with E-state index < -0.39 is 10.8 Å². The van der Waals surface area contributed by atoms with Crippen molar-refractivity contribution >= 4 is 35.5 Å². The SMILES string of the molecule is Nc1nc2c(ncn2CC(=O)C(S)CO)c(=O)[nH]1. The number of nitrogen functional groups attached to an aromatic ring is 1. The van der Waals surface area contributed by atoms with Crippen LogP contribution in [0.2, 0.25) is 0 Å². The van der Waals surface area contributed by atoms with Crippen LogP contribution in [-0.2, 0) is 11.3 Å². The summed E-state index contributed by atoms with van der Waals surface area (Å²) in [5.74, 6) is -0.355. The van der Waals surface area contributed by atoms with Crippen LogP contribution in [0.25, 0.3) is 11.2 Å². The second-order valence-corrected chi connectivity index (χ2v) is 4.28. The van der Waals surface area contributed by atoms with Gasteiger partial charge in [0.2, 0.25) is 5.95 Å². The highest BCUT2D eigenvalue weighted by Crippen LogP contribution is 2.08.